The zero-order valence-electron chi connectivity index (χ0n) is 34.6. The van der Waals surface area contributed by atoms with Crippen LogP contribution in [0, 0.1) is 29.6 Å². The quantitative estimate of drug-likeness (QED) is 0.0851. The van der Waals surface area contributed by atoms with E-state index in [9.17, 15) is 34.8 Å². The summed E-state index contributed by atoms with van der Waals surface area (Å²) < 4.78 is 5.41. The second-order valence-corrected chi connectivity index (χ2v) is 14.7. The fraction of sp³-hybridized carbons (Fsp3) is 0.120. The number of likely N-dealkylation sites (N-methyl/N-ethyl adjacent to an activating group) is 1. The summed E-state index contributed by atoms with van der Waals surface area (Å²) in [6.07, 6.45) is 6.30. The van der Waals surface area contributed by atoms with Crippen molar-refractivity contribution in [3.8, 4) is 12.1 Å². The van der Waals surface area contributed by atoms with Crippen LogP contribution in [0.15, 0.2) is 139 Å². The molecule has 8 rings (SSSR count). The number of carbonyl (C=O) groups excluding carboxylic acids is 2. The van der Waals surface area contributed by atoms with Crippen LogP contribution in [0.3, 0.4) is 0 Å². The second kappa shape index (κ2) is 18.3. The third-order valence-corrected chi connectivity index (χ3v) is 10.6. The minimum Gasteiger partial charge on any atom is -0.480 e. The van der Waals surface area contributed by atoms with Crippen molar-refractivity contribution < 1.29 is 29.4 Å². The van der Waals surface area contributed by atoms with Crippen molar-refractivity contribution in [3.63, 3.8) is 0 Å². The highest BCUT2D eigenvalue weighted by Gasteiger charge is 2.19. The zero-order valence-corrected chi connectivity index (χ0v) is 34.6. The van der Waals surface area contributed by atoms with Gasteiger partial charge in [0.2, 0.25) is 0 Å². The minimum absolute atomic E-state index is 0.0257. The number of rotatable bonds is 11. The van der Waals surface area contributed by atoms with Crippen molar-refractivity contribution in [2.45, 2.75) is 33.5 Å². The van der Waals surface area contributed by atoms with E-state index in [4.69, 9.17) is 5.11 Å². The van der Waals surface area contributed by atoms with Gasteiger partial charge < -0.3 is 34.1 Å². The predicted octanol–water partition coefficient (Wildman–Crippen LogP) is 9.00. The lowest BCUT2D eigenvalue weighted by molar-refractivity contribution is -0.138. The molecule has 5 aromatic carbocycles. The normalized spacial score (nSPS) is 11.5. The van der Waals surface area contributed by atoms with Crippen LogP contribution in [0.5, 0.6) is 0 Å². The molecule has 0 bridgehead atoms. The van der Waals surface area contributed by atoms with Crippen molar-refractivity contribution in [2.75, 3.05) is 17.3 Å². The number of aliphatic carboxylic acids is 2. The highest BCUT2D eigenvalue weighted by molar-refractivity contribution is 6.14. The van der Waals surface area contributed by atoms with Gasteiger partial charge in [-0.2, -0.15) is 10.5 Å². The first-order valence-corrected chi connectivity index (χ1v) is 19.9. The monoisotopic (exact) mass is 835 g/mol. The number of aromatic nitrogens is 3. The third-order valence-electron chi connectivity index (χ3n) is 10.6. The maximum atomic E-state index is 13.0. The Morgan fingerprint density at radius 2 is 1.17 bits per heavy atom. The molecule has 0 saturated heterocycles. The van der Waals surface area contributed by atoms with Gasteiger partial charge >= 0.3 is 11.9 Å². The Hall–Kier alpha value is -8.68. The van der Waals surface area contributed by atoms with E-state index in [0.717, 1.165) is 55.7 Å². The molecule has 13 nitrogen and oxygen atoms in total. The van der Waals surface area contributed by atoms with E-state index in [-0.39, 0.29) is 24.2 Å². The van der Waals surface area contributed by atoms with Gasteiger partial charge in [0, 0.05) is 92.1 Å². The molecular weight excluding hydrogens is 795 g/mol. The van der Waals surface area contributed by atoms with E-state index >= 15 is 0 Å². The van der Waals surface area contributed by atoms with Gasteiger partial charge in [-0.3, -0.25) is 19.2 Å². The summed E-state index contributed by atoms with van der Waals surface area (Å²) in [6.45, 7) is 4.44. The number of carbonyl (C=O) groups is 4. The van der Waals surface area contributed by atoms with Crippen LogP contribution >= 0.6 is 0 Å². The number of nitrogens with zero attached hydrogens (tertiary/aromatic N) is 6. The summed E-state index contributed by atoms with van der Waals surface area (Å²) in [6, 6.07) is 39.9. The molecule has 3 N–H and O–H groups in total. The van der Waals surface area contributed by atoms with Crippen LogP contribution in [0.4, 0.5) is 11.4 Å². The Kier molecular flexibility index (Phi) is 12.3. The molecule has 0 saturated carbocycles. The van der Waals surface area contributed by atoms with Gasteiger partial charge in [0.15, 0.2) is 0 Å². The summed E-state index contributed by atoms with van der Waals surface area (Å²) >= 11 is 0. The van der Waals surface area contributed by atoms with Crippen LogP contribution < -0.4 is 10.2 Å². The van der Waals surface area contributed by atoms with Crippen LogP contribution in [0.25, 0.3) is 55.8 Å². The summed E-state index contributed by atoms with van der Waals surface area (Å²) in [5, 5.41) is 44.2. The molecule has 0 aliphatic carbocycles. The summed E-state index contributed by atoms with van der Waals surface area (Å²) in [7, 11) is 1.62. The van der Waals surface area contributed by atoms with Crippen LogP contribution in [0.1, 0.15) is 23.6 Å². The first-order valence-electron chi connectivity index (χ1n) is 19.9. The molecule has 3 heterocycles. The van der Waals surface area contributed by atoms with Gasteiger partial charge in [-0.25, -0.2) is 0 Å². The van der Waals surface area contributed by atoms with Crippen molar-refractivity contribution in [1.82, 2.24) is 13.7 Å². The zero-order chi connectivity index (χ0) is 44.8. The van der Waals surface area contributed by atoms with Crippen molar-refractivity contribution in [1.29, 1.82) is 10.5 Å². The number of fused-ring (bicyclic) bond motifs is 5. The van der Waals surface area contributed by atoms with E-state index in [2.05, 4.69) is 28.9 Å². The van der Waals surface area contributed by atoms with Crippen molar-refractivity contribution in [2.24, 2.45) is 0 Å². The molecule has 0 aliphatic rings. The Morgan fingerprint density at radius 3 is 1.71 bits per heavy atom. The Bertz CT molecular complexity index is 3260. The number of aryl methyl sites for hydroxylation is 2. The average molecular weight is 836 g/mol. The molecule has 0 atom stereocenters. The maximum absolute atomic E-state index is 13.0. The number of carboxylic acid groups (broad SMARTS) is 2. The molecular formula is C50H41N7O6. The van der Waals surface area contributed by atoms with E-state index in [1.807, 2.05) is 116 Å². The lowest BCUT2D eigenvalue weighted by atomic mass is 10.1. The Labute approximate surface area is 361 Å². The average Bonchev–Trinajstić information content (AvgIpc) is 3.92. The largest absolute Gasteiger partial charge is 0.480 e. The first-order chi connectivity index (χ1) is 30.4. The molecule has 2 amide bonds. The van der Waals surface area contributed by atoms with E-state index in [1.54, 1.807) is 34.6 Å². The lowest BCUT2D eigenvalue weighted by Gasteiger charge is -2.17. The molecule has 0 fully saturated rings. The number of hydrogen-bond acceptors (Lipinski definition) is 6. The Morgan fingerprint density at radius 1 is 0.651 bits per heavy atom. The number of carboxylic acids is 2. The SMILES string of the molecule is CCn1c2ccccc2c2cc(NC(=O)C(C#N)=Cc3cn(CC(=O)O)c4ccccc34)ccc21.Cc1cccc(N(C)C(=O)C(C#N)=Cc2cn(CC(=O)O)c3ccccc23)c1. The van der Waals surface area contributed by atoms with Gasteiger partial charge in [0.25, 0.3) is 11.8 Å². The number of para-hydroxylation sites is 3. The standard InChI is InChI=1S/C28H22N4O3.C22H19N3O3/c1-2-32-25-10-6-4-8-22(25)23-14-20(11-12-26(23)32)30-28(35)18(15-29)13-19-16-31(17-27(33)34)24-9-5-3-7-21(19)24;1-15-6-5-7-18(10-15)24(2)22(28)16(12-23)11-17-13-25(14-21(26)27)20-9-4-3-8-19(17)20/h3-14,16H,2,17H2,1H3,(H,30,35)(H,33,34);3-11,13H,14H2,1-2H3,(H,26,27). The minimum atomic E-state index is -0.973. The molecule has 13 heteroatoms. The first kappa shape index (κ1) is 42.4. The maximum Gasteiger partial charge on any atom is 0.323 e. The number of amides is 2. The van der Waals surface area contributed by atoms with Gasteiger partial charge in [-0.1, -0.05) is 66.7 Å². The molecule has 0 radical (unpaired) electrons. The third kappa shape index (κ3) is 8.94. The fourth-order valence-electron chi connectivity index (χ4n) is 7.74. The summed E-state index contributed by atoms with van der Waals surface area (Å²) in [4.78, 5) is 49.7. The van der Waals surface area contributed by atoms with Crippen LogP contribution in [-0.2, 0) is 38.8 Å². The molecule has 0 aliphatic heterocycles. The molecule has 63 heavy (non-hydrogen) atoms. The number of hydrogen-bond donors (Lipinski definition) is 3. The second-order valence-electron chi connectivity index (χ2n) is 14.7. The van der Waals surface area contributed by atoms with Crippen molar-refractivity contribution in [3.05, 3.63) is 155 Å². The molecule has 8 aromatic rings. The van der Waals surface area contributed by atoms with E-state index in [0.29, 0.717) is 22.5 Å². The molecule has 0 spiro atoms. The topological polar surface area (TPSA) is 186 Å². The van der Waals surface area contributed by atoms with E-state index < -0.39 is 23.8 Å². The number of nitrogens with one attached hydrogen (secondary N) is 1. The van der Waals surface area contributed by atoms with Crippen LogP contribution in [0.2, 0.25) is 0 Å². The van der Waals surface area contributed by atoms with Gasteiger partial charge in [-0.15, -0.1) is 0 Å². The number of anilines is 2. The molecule has 3 aromatic heterocycles. The number of benzene rings is 5. The summed E-state index contributed by atoms with van der Waals surface area (Å²) in [5.41, 5.74) is 7.09. The highest BCUT2D eigenvalue weighted by atomic mass is 16.4. The highest BCUT2D eigenvalue weighted by Crippen LogP contribution is 2.32. The van der Waals surface area contributed by atoms with Crippen LogP contribution in [-0.4, -0.2) is 54.7 Å². The smallest absolute Gasteiger partial charge is 0.323 e. The molecule has 0 unspecified atom stereocenters. The summed E-state index contributed by atoms with van der Waals surface area (Å²) in [5.74, 6) is -2.89. The molecule has 312 valence electrons. The predicted molar refractivity (Wildman–Crippen MR) is 245 cm³/mol. The van der Waals surface area contributed by atoms with Gasteiger partial charge in [-0.05, 0) is 80.1 Å². The fourth-order valence-corrected chi connectivity index (χ4v) is 7.74. The van der Waals surface area contributed by atoms with Crippen molar-refractivity contribution >= 4 is 90.9 Å². The van der Waals surface area contributed by atoms with Gasteiger partial charge in [0.1, 0.15) is 36.4 Å². The Balaban J connectivity index is 0.000000194. The lowest BCUT2D eigenvalue weighted by Crippen LogP contribution is -2.27. The van der Waals surface area contributed by atoms with Gasteiger partial charge in [0.05, 0.1) is 0 Å². The number of nitriles is 2. The van der Waals surface area contributed by atoms with E-state index in [1.165, 1.54) is 17.1 Å².